The van der Waals surface area contributed by atoms with Crippen molar-refractivity contribution >= 4 is 5.91 Å². The molecule has 3 aliphatic rings. The van der Waals surface area contributed by atoms with E-state index in [1.54, 1.807) is 0 Å². The van der Waals surface area contributed by atoms with Crippen LogP contribution in [0.4, 0.5) is 13.2 Å². The fraction of sp³-hybridized carbons (Fsp3) is 0.533. The average Bonchev–Trinajstić information content (AvgIpc) is 2.48. The van der Waals surface area contributed by atoms with E-state index < -0.39 is 17.6 Å². The number of benzene rings is 1. The van der Waals surface area contributed by atoms with Gasteiger partial charge in [0.1, 0.15) is 0 Å². The number of hydrogen-bond donors (Lipinski definition) is 1. The van der Waals surface area contributed by atoms with Gasteiger partial charge in [0.2, 0.25) is 0 Å². The van der Waals surface area contributed by atoms with Gasteiger partial charge in [-0.2, -0.15) is 13.2 Å². The predicted molar refractivity (Wildman–Crippen MR) is 71.9 cm³/mol. The van der Waals surface area contributed by atoms with Crippen LogP contribution in [0.15, 0.2) is 24.3 Å². The number of nitrogens with zero attached hydrogens (tertiary/aromatic N) is 1. The lowest BCUT2D eigenvalue weighted by molar-refractivity contribution is -0.137. The Kier molecular flexibility index (Phi) is 3.65. The number of carbonyl (C=O) groups is 1. The third-order valence-corrected chi connectivity index (χ3v) is 4.42. The predicted octanol–water partition coefficient (Wildman–Crippen LogP) is 2.53. The van der Waals surface area contributed by atoms with Crippen LogP contribution in [0.25, 0.3) is 0 Å². The molecule has 1 N–H and O–H groups in total. The first-order valence-corrected chi connectivity index (χ1v) is 7.14. The summed E-state index contributed by atoms with van der Waals surface area (Å²) in [6.45, 7) is 2.91. The van der Waals surface area contributed by atoms with Crippen molar-refractivity contribution < 1.29 is 18.0 Å². The molecule has 1 aromatic carbocycles. The molecule has 6 heteroatoms. The van der Waals surface area contributed by atoms with Gasteiger partial charge in [-0.05, 0) is 50.0 Å². The van der Waals surface area contributed by atoms with E-state index in [9.17, 15) is 18.0 Å². The van der Waals surface area contributed by atoms with Crippen LogP contribution in [-0.2, 0) is 6.18 Å². The normalized spacial score (nSPS) is 28.4. The van der Waals surface area contributed by atoms with E-state index in [4.69, 9.17) is 0 Å². The second-order valence-corrected chi connectivity index (χ2v) is 5.80. The fourth-order valence-corrected chi connectivity index (χ4v) is 3.22. The largest absolute Gasteiger partial charge is 0.416 e. The highest BCUT2D eigenvalue weighted by Gasteiger charge is 2.35. The Balaban J connectivity index is 1.71. The van der Waals surface area contributed by atoms with E-state index in [0.717, 1.165) is 44.6 Å². The molecule has 0 aliphatic carbocycles. The van der Waals surface area contributed by atoms with Crippen molar-refractivity contribution in [1.82, 2.24) is 10.2 Å². The fourth-order valence-electron chi connectivity index (χ4n) is 3.22. The molecule has 3 fully saturated rings. The van der Waals surface area contributed by atoms with Gasteiger partial charge in [0.25, 0.3) is 5.91 Å². The standard InChI is InChI=1S/C15H17F3N2O/c16-15(17,18)12-3-1-2-11(8-12)14(21)19-13-9-20-6-4-10(13)5-7-20/h1-3,8,10,13H,4-7,9H2,(H,19,21). The van der Waals surface area contributed by atoms with Crippen LogP contribution >= 0.6 is 0 Å². The highest BCUT2D eigenvalue weighted by molar-refractivity contribution is 5.94. The third kappa shape index (κ3) is 3.05. The number of rotatable bonds is 2. The van der Waals surface area contributed by atoms with Crippen molar-refractivity contribution in [3.05, 3.63) is 35.4 Å². The SMILES string of the molecule is O=C(NC1CN2CCC1CC2)c1cccc(C(F)(F)F)c1. The first-order chi connectivity index (χ1) is 9.93. The number of amides is 1. The van der Waals surface area contributed by atoms with Crippen LogP contribution in [0.3, 0.4) is 0 Å². The van der Waals surface area contributed by atoms with E-state index in [-0.39, 0.29) is 11.6 Å². The Hall–Kier alpha value is -1.56. The summed E-state index contributed by atoms with van der Waals surface area (Å²) >= 11 is 0. The zero-order valence-electron chi connectivity index (χ0n) is 11.5. The third-order valence-electron chi connectivity index (χ3n) is 4.42. The van der Waals surface area contributed by atoms with Gasteiger partial charge in [-0.1, -0.05) is 6.07 Å². The lowest BCUT2D eigenvalue weighted by Crippen LogP contribution is -2.57. The number of nitrogens with one attached hydrogen (secondary N) is 1. The van der Waals surface area contributed by atoms with Crippen molar-refractivity contribution in [2.24, 2.45) is 5.92 Å². The number of carbonyl (C=O) groups excluding carboxylic acids is 1. The van der Waals surface area contributed by atoms with Gasteiger partial charge >= 0.3 is 6.18 Å². The first kappa shape index (κ1) is 14.4. The van der Waals surface area contributed by atoms with Crippen LogP contribution in [0.1, 0.15) is 28.8 Å². The molecule has 1 unspecified atom stereocenters. The minimum absolute atomic E-state index is 0.0505. The van der Waals surface area contributed by atoms with Gasteiger partial charge in [0, 0.05) is 18.2 Å². The lowest BCUT2D eigenvalue weighted by atomic mass is 9.84. The van der Waals surface area contributed by atoms with E-state index in [1.165, 1.54) is 12.1 Å². The molecule has 0 aromatic heterocycles. The molecule has 21 heavy (non-hydrogen) atoms. The smallest absolute Gasteiger partial charge is 0.348 e. The van der Waals surface area contributed by atoms with Gasteiger partial charge in [-0.25, -0.2) is 0 Å². The van der Waals surface area contributed by atoms with Crippen molar-refractivity contribution in [2.45, 2.75) is 25.1 Å². The highest BCUT2D eigenvalue weighted by Crippen LogP contribution is 2.30. The Morgan fingerprint density at radius 3 is 2.52 bits per heavy atom. The molecule has 3 heterocycles. The maximum Gasteiger partial charge on any atom is 0.416 e. The minimum atomic E-state index is -4.42. The van der Waals surface area contributed by atoms with Crippen LogP contribution in [0.5, 0.6) is 0 Å². The molecule has 114 valence electrons. The van der Waals surface area contributed by atoms with Crippen LogP contribution in [-0.4, -0.2) is 36.5 Å². The molecule has 1 amide bonds. The monoisotopic (exact) mass is 298 g/mol. The lowest BCUT2D eigenvalue weighted by Gasteiger charge is -2.44. The van der Waals surface area contributed by atoms with Crippen LogP contribution in [0.2, 0.25) is 0 Å². The van der Waals surface area contributed by atoms with Gasteiger partial charge in [-0.3, -0.25) is 4.79 Å². The average molecular weight is 298 g/mol. The van der Waals surface area contributed by atoms with Crippen molar-refractivity contribution in [2.75, 3.05) is 19.6 Å². The van der Waals surface area contributed by atoms with Gasteiger partial charge in [0.05, 0.1) is 5.56 Å². The summed E-state index contributed by atoms with van der Waals surface area (Å²) in [5.74, 6) is 0.0320. The Morgan fingerprint density at radius 1 is 1.24 bits per heavy atom. The molecule has 0 saturated carbocycles. The van der Waals surface area contributed by atoms with E-state index >= 15 is 0 Å². The van der Waals surface area contributed by atoms with E-state index in [2.05, 4.69) is 10.2 Å². The Morgan fingerprint density at radius 2 is 1.95 bits per heavy atom. The van der Waals surface area contributed by atoms with Gasteiger partial charge < -0.3 is 10.2 Å². The molecule has 1 aromatic rings. The molecular weight excluding hydrogens is 281 g/mol. The van der Waals surface area contributed by atoms with Gasteiger partial charge in [0.15, 0.2) is 0 Å². The number of halogens is 3. The summed E-state index contributed by atoms with van der Waals surface area (Å²) in [5, 5.41) is 2.90. The summed E-state index contributed by atoms with van der Waals surface area (Å²) in [6, 6.07) is 4.64. The molecule has 0 radical (unpaired) electrons. The second kappa shape index (κ2) is 5.33. The molecule has 3 aliphatic heterocycles. The summed E-state index contributed by atoms with van der Waals surface area (Å²) in [6.07, 6.45) is -2.33. The molecule has 1 atom stereocenters. The quantitative estimate of drug-likeness (QED) is 0.910. The molecule has 3 saturated heterocycles. The molecule has 2 bridgehead atoms. The first-order valence-electron chi connectivity index (χ1n) is 7.14. The Bertz CT molecular complexity index is 536. The van der Waals surface area contributed by atoms with Crippen LogP contribution in [0, 0.1) is 5.92 Å². The highest BCUT2D eigenvalue weighted by atomic mass is 19.4. The maximum absolute atomic E-state index is 12.7. The van der Waals surface area contributed by atoms with E-state index in [0.29, 0.717) is 5.92 Å². The van der Waals surface area contributed by atoms with E-state index in [1.807, 2.05) is 0 Å². The maximum atomic E-state index is 12.7. The number of hydrogen-bond acceptors (Lipinski definition) is 2. The molecular formula is C15H17F3N2O. The van der Waals surface area contributed by atoms with Crippen molar-refractivity contribution in [3.8, 4) is 0 Å². The molecule has 4 rings (SSSR count). The van der Waals surface area contributed by atoms with Crippen LogP contribution < -0.4 is 5.32 Å². The summed E-state index contributed by atoms with van der Waals surface area (Å²) in [7, 11) is 0. The van der Waals surface area contributed by atoms with Crippen molar-refractivity contribution in [1.29, 1.82) is 0 Å². The summed E-state index contributed by atoms with van der Waals surface area (Å²) in [5.41, 5.74) is -0.717. The second-order valence-electron chi connectivity index (χ2n) is 5.80. The zero-order chi connectivity index (χ0) is 15.0. The zero-order valence-corrected chi connectivity index (χ0v) is 11.5. The molecule has 3 nitrogen and oxygen atoms in total. The van der Waals surface area contributed by atoms with Crippen molar-refractivity contribution in [3.63, 3.8) is 0 Å². The number of piperidine rings is 3. The molecule has 0 spiro atoms. The topological polar surface area (TPSA) is 32.3 Å². The number of fused-ring (bicyclic) bond motifs is 3. The summed E-state index contributed by atoms with van der Waals surface area (Å²) < 4.78 is 38.0. The summed E-state index contributed by atoms with van der Waals surface area (Å²) in [4.78, 5) is 14.5. The number of alkyl halides is 3. The van der Waals surface area contributed by atoms with Gasteiger partial charge in [-0.15, -0.1) is 0 Å². The Labute approximate surface area is 121 Å². The minimum Gasteiger partial charge on any atom is -0.348 e.